The van der Waals surface area contributed by atoms with Crippen molar-refractivity contribution < 1.29 is 8.78 Å². The molecule has 8 heteroatoms. The first kappa shape index (κ1) is 16.3. The SMILES string of the molecule is Fc1ccc(Nc2nc(NC3CCC3)nc(-c3ccccc3F)n2)cn1. The molecular formula is C18H16F2N6. The fourth-order valence-corrected chi connectivity index (χ4v) is 2.57. The van der Waals surface area contributed by atoms with Crippen LogP contribution >= 0.6 is 0 Å². The summed E-state index contributed by atoms with van der Waals surface area (Å²) >= 11 is 0. The van der Waals surface area contributed by atoms with E-state index in [1.807, 2.05) is 0 Å². The number of nitrogens with zero attached hydrogens (tertiary/aromatic N) is 4. The van der Waals surface area contributed by atoms with Gasteiger partial charge in [0.1, 0.15) is 5.82 Å². The van der Waals surface area contributed by atoms with Crippen molar-refractivity contribution in [2.75, 3.05) is 10.6 Å². The number of rotatable bonds is 5. The maximum atomic E-state index is 14.2. The van der Waals surface area contributed by atoms with E-state index in [9.17, 15) is 8.78 Å². The fraction of sp³-hybridized carbons (Fsp3) is 0.222. The third kappa shape index (κ3) is 3.58. The van der Waals surface area contributed by atoms with Gasteiger partial charge in [0.2, 0.25) is 17.8 Å². The lowest BCUT2D eigenvalue weighted by molar-refractivity contribution is 0.443. The van der Waals surface area contributed by atoms with Gasteiger partial charge in [0.25, 0.3) is 0 Å². The van der Waals surface area contributed by atoms with Gasteiger partial charge in [-0.25, -0.2) is 9.37 Å². The standard InChI is InChI=1S/C18H16F2N6/c19-14-7-2-1-6-13(14)16-24-17(22-11-4-3-5-11)26-18(25-16)23-12-8-9-15(20)21-10-12/h1-2,6-11H,3-5H2,(H2,22,23,24,25,26). The summed E-state index contributed by atoms with van der Waals surface area (Å²) in [6, 6.07) is 9.36. The highest BCUT2D eigenvalue weighted by Gasteiger charge is 2.20. The van der Waals surface area contributed by atoms with Crippen LogP contribution in [0.4, 0.5) is 26.4 Å². The Morgan fingerprint density at radius 2 is 1.73 bits per heavy atom. The van der Waals surface area contributed by atoms with Crippen molar-refractivity contribution in [3.63, 3.8) is 0 Å². The summed E-state index contributed by atoms with van der Waals surface area (Å²) in [5, 5.41) is 6.20. The molecule has 0 amide bonds. The molecule has 0 spiro atoms. The van der Waals surface area contributed by atoms with Gasteiger partial charge in [-0.2, -0.15) is 19.3 Å². The molecule has 2 aromatic heterocycles. The molecule has 0 saturated heterocycles. The van der Waals surface area contributed by atoms with E-state index in [4.69, 9.17) is 0 Å². The van der Waals surface area contributed by atoms with E-state index in [0.717, 1.165) is 19.3 Å². The third-order valence-electron chi connectivity index (χ3n) is 4.17. The molecule has 132 valence electrons. The summed E-state index contributed by atoms with van der Waals surface area (Å²) in [6.45, 7) is 0. The van der Waals surface area contributed by atoms with Crippen molar-refractivity contribution in [2.45, 2.75) is 25.3 Å². The van der Waals surface area contributed by atoms with Crippen LogP contribution < -0.4 is 10.6 Å². The van der Waals surface area contributed by atoms with Crippen LogP contribution in [-0.4, -0.2) is 26.0 Å². The lowest BCUT2D eigenvalue weighted by atomic mass is 9.93. The molecule has 0 aliphatic heterocycles. The Kier molecular flexibility index (Phi) is 4.39. The molecule has 1 aliphatic carbocycles. The van der Waals surface area contributed by atoms with Gasteiger partial charge in [0, 0.05) is 6.04 Å². The zero-order valence-electron chi connectivity index (χ0n) is 13.8. The van der Waals surface area contributed by atoms with Gasteiger partial charge in [-0.1, -0.05) is 12.1 Å². The number of benzene rings is 1. The predicted octanol–water partition coefficient (Wildman–Crippen LogP) is 3.92. The quantitative estimate of drug-likeness (QED) is 0.677. The molecule has 1 aliphatic rings. The van der Waals surface area contributed by atoms with Crippen LogP contribution in [0.25, 0.3) is 11.4 Å². The number of pyridine rings is 1. The van der Waals surface area contributed by atoms with E-state index in [0.29, 0.717) is 17.7 Å². The van der Waals surface area contributed by atoms with Crippen LogP contribution in [-0.2, 0) is 0 Å². The Labute approximate surface area is 148 Å². The van der Waals surface area contributed by atoms with Gasteiger partial charge in [-0.15, -0.1) is 0 Å². The zero-order chi connectivity index (χ0) is 17.9. The Hall–Kier alpha value is -3.16. The number of hydrogen-bond acceptors (Lipinski definition) is 6. The third-order valence-corrected chi connectivity index (χ3v) is 4.17. The van der Waals surface area contributed by atoms with Crippen LogP contribution in [0, 0.1) is 11.8 Å². The average Bonchev–Trinajstić information content (AvgIpc) is 2.60. The normalized spacial score (nSPS) is 13.9. The fourth-order valence-electron chi connectivity index (χ4n) is 2.57. The summed E-state index contributed by atoms with van der Waals surface area (Å²) < 4.78 is 27.1. The van der Waals surface area contributed by atoms with Crippen molar-refractivity contribution in [1.82, 2.24) is 19.9 Å². The maximum absolute atomic E-state index is 14.2. The molecule has 3 aromatic rings. The van der Waals surface area contributed by atoms with Gasteiger partial charge in [0.05, 0.1) is 17.4 Å². The second-order valence-corrected chi connectivity index (χ2v) is 6.05. The van der Waals surface area contributed by atoms with E-state index in [1.165, 1.54) is 24.4 Å². The van der Waals surface area contributed by atoms with Gasteiger partial charge < -0.3 is 10.6 Å². The van der Waals surface area contributed by atoms with Crippen molar-refractivity contribution in [3.05, 3.63) is 54.4 Å². The lowest BCUT2D eigenvalue weighted by Crippen LogP contribution is -2.28. The van der Waals surface area contributed by atoms with E-state index in [2.05, 4.69) is 30.6 Å². The van der Waals surface area contributed by atoms with Gasteiger partial charge in [0.15, 0.2) is 5.82 Å². The monoisotopic (exact) mass is 354 g/mol. The van der Waals surface area contributed by atoms with Gasteiger partial charge in [-0.05, 0) is 43.5 Å². The summed E-state index contributed by atoms with van der Waals surface area (Å²) in [4.78, 5) is 16.6. The van der Waals surface area contributed by atoms with E-state index >= 15 is 0 Å². The van der Waals surface area contributed by atoms with Crippen molar-refractivity contribution >= 4 is 17.6 Å². The topological polar surface area (TPSA) is 75.6 Å². The highest BCUT2D eigenvalue weighted by Crippen LogP contribution is 2.25. The Balaban J connectivity index is 1.69. The van der Waals surface area contributed by atoms with Crippen molar-refractivity contribution in [3.8, 4) is 11.4 Å². The smallest absolute Gasteiger partial charge is 0.232 e. The Morgan fingerprint density at radius 3 is 2.42 bits per heavy atom. The molecule has 0 bridgehead atoms. The Morgan fingerprint density at radius 1 is 0.923 bits per heavy atom. The largest absolute Gasteiger partial charge is 0.351 e. The summed E-state index contributed by atoms with van der Waals surface area (Å²) in [6.07, 6.45) is 4.59. The Bertz CT molecular complexity index is 912. The molecular weight excluding hydrogens is 338 g/mol. The molecule has 0 unspecified atom stereocenters. The minimum absolute atomic E-state index is 0.220. The molecule has 1 aromatic carbocycles. The average molecular weight is 354 g/mol. The lowest BCUT2D eigenvalue weighted by Gasteiger charge is -2.26. The summed E-state index contributed by atoms with van der Waals surface area (Å²) in [7, 11) is 0. The molecule has 2 N–H and O–H groups in total. The van der Waals surface area contributed by atoms with Crippen LogP contribution in [0.3, 0.4) is 0 Å². The maximum Gasteiger partial charge on any atom is 0.232 e. The van der Waals surface area contributed by atoms with E-state index in [1.54, 1.807) is 18.2 Å². The number of halogens is 2. The van der Waals surface area contributed by atoms with E-state index < -0.39 is 11.8 Å². The predicted molar refractivity (Wildman–Crippen MR) is 94.0 cm³/mol. The first-order valence-corrected chi connectivity index (χ1v) is 8.33. The minimum Gasteiger partial charge on any atom is -0.351 e. The summed E-state index contributed by atoms with van der Waals surface area (Å²) in [5.74, 6) is -0.167. The van der Waals surface area contributed by atoms with Crippen molar-refractivity contribution in [2.24, 2.45) is 0 Å². The van der Waals surface area contributed by atoms with Crippen LogP contribution in [0.15, 0.2) is 42.6 Å². The molecule has 4 rings (SSSR count). The first-order chi connectivity index (χ1) is 12.7. The zero-order valence-corrected chi connectivity index (χ0v) is 13.8. The van der Waals surface area contributed by atoms with Crippen LogP contribution in [0.1, 0.15) is 19.3 Å². The summed E-state index contributed by atoms with van der Waals surface area (Å²) in [5.41, 5.74) is 0.804. The van der Waals surface area contributed by atoms with Crippen molar-refractivity contribution in [1.29, 1.82) is 0 Å². The van der Waals surface area contributed by atoms with Gasteiger partial charge in [-0.3, -0.25) is 0 Å². The van der Waals surface area contributed by atoms with E-state index in [-0.39, 0.29) is 17.3 Å². The number of aromatic nitrogens is 4. The molecule has 0 atom stereocenters. The number of nitrogens with one attached hydrogen (secondary N) is 2. The highest BCUT2D eigenvalue weighted by atomic mass is 19.1. The number of hydrogen-bond donors (Lipinski definition) is 2. The number of anilines is 3. The highest BCUT2D eigenvalue weighted by molar-refractivity contribution is 5.61. The molecule has 26 heavy (non-hydrogen) atoms. The van der Waals surface area contributed by atoms with Gasteiger partial charge >= 0.3 is 0 Å². The second-order valence-electron chi connectivity index (χ2n) is 6.05. The second kappa shape index (κ2) is 6.99. The minimum atomic E-state index is -0.578. The molecule has 1 fully saturated rings. The molecule has 1 saturated carbocycles. The van der Waals surface area contributed by atoms with Crippen LogP contribution in [0.2, 0.25) is 0 Å². The van der Waals surface area contributed by atoms with Crippen LogP contribution in [0.5, 0.6) is 0 Å². The molecule has 2 heterocycles. The first-order valence-electron chi connectivity index (χ1n) is 8.33. The molecule has 0 radical (unpaired) electrons. The molecule has 6 nitrogen and oxygen atoms in total.